The molecular weight excluding hydrogens is 286 g/mol. The third-order valence-electron chi connectivity index (χ3n) is 3.36. The molecule has 0 amide bonds. The molecule has 0 saturated carbocycles. The number of rotatable bonds is 6. The number of benzene rings is 2. The maximum Gasteiger partial charge on any atom is 0.178 e. The van der Waals surface area contributed by atoms with Gasteiger partial charge in [0.15, 0.2) is 5.75 Å². The van der Waals surface area contributed by atoms with Crippen LogP contribution >= 0.6 is 11.6 Å². The number of hydrogen-bond acceptors (Lipinski definition) is 2. The van der Waals surface area contributed by atoms with Crippen molar-refractivity contribution in [1.29, 1.82) is 0 Å². The maximum absolute atomic E-state index is 11.0. The Bertz CT molecular complexity index is 571. The lowest BCUT2D eigenvalue weighted by Crippen LogP contribution is -2.32. The fourth-order valence-electron chi connectivity index (χ4n) is 2.20. The van der Waals surface area contributed by atoms with Crippen LogP contribution in [0.2, 0.25) is 5.02 Å². The van der Waals surface area contributed by atoms with Crippen LogP contribution in [0.5, 0.6) is 5.75 Å². The number of nitrogens with one attached hydrogen (secondary N) is 1. The highest BCUT2D eigenvalue weighted by Crippen LogP contribution is 2.17. The van der Waals surface area contributed by atoms with Crippen molar-refractivity contribution in [1.82, 2.24) is 5.32 Å². The van der Waals surface area contributed by atoms with Crippen molar-refractivity contribution in [3.63, 3.8) is 0 Å². The van der Waals surface area contributed by atoms with Gasteiger partial charge in [-0.2, -0.15) is 0 Å². The van der Waals surface area contributed by atoms with Crippen LogP contribution in [-0.2, 0) is 11.5 Å². The first-order valence-corrected chi connectivity index (χ1v) is 7.35. The minimum absolute atomic E-state index is 0.0238. The van der Waals surface area contributed by atoms with Crippen LogP contribution in [-0.4, -0.2) is 17.7 Å². The van der Waals surface area contributed by atoms with Crippen molar-refractivity contribution in [2.45, 2.75) is 25.5 Å². The predicted octanol–water partition coefficient (Wildman–Crippen LogP) is 3.74. The van der Waals surface area contributed by atoms with Crippen molar-refractivity contribution >= 4 is 11.6 Å². The largest absolute Gasteiger partial charge is 0.387 e. The summed E-state index contributed by atoms with van der Waals surface area (Å²) in [6.45, 7) is 2.51. The fourth-order valence-corrected chi connectivity index (χ4v) is 2.39. The van der Waals surface area contributed by atoms with Crippen molar-refractivity contribution < 1.29 is 10.2 Å². The van der Waals surface area contributed by atoms with Crippen LogP contribution in [0.3, 0.4) is 0 Å². The SMILES string of the molecule is C[C@H](Cc1ccc([O])cc1)NC[C@H](O)c1cccc(Cl)c1. The number of aliphatic hydroxyl groups is 1. The first-order valence-electron chi connectivity index (χ1n) is 6.97. The van der Waals surface area contributed by atoms with Crippen molar-refractivity contribution in [3.05, 3.63) is 64.7 Å². The molecule has 0 aliphatic carbocycles. The van der Waals surface area contributed by atoms with E-state index in [2.05, 4.69) is 12.2 Å². The Morgan fingerprint density at radius 2 is 1.90 bits per heavy atom. The second kappa shape index (κ2) is 7.46. The van der Waals surface area contributed by atoms with Crippen LogP contribution in [0.15, 0.2) is 48.5 Å². The molecule has 0 saturated heterocycles. The molecule has 0 bridgehead atoms. The van der Waals surface area contributed by atoms with E-state index in [0.717, 1.165) is 17.5 Å². The Morgan fingerprint density at radius 1 is 1.19 bits per heavy atom. The first kappa shape index (κ1) is 15.8. The summed E-state index contributed by atoms with van der Waals surface area (Å²) in [5.41, 5.74) is 1.91. The van der Waals surface area contributed by atoms with Gasteiger partial charge in [0.1, 0.15) is 0 Å². The maximum atomic E-state index is 11.0. The molecule has 3 nitrogen and oxygen atoms in total. The summed E-state index contributed by atoms with van der Waals surface area (Å²) in [6, 6.07) is 14.3. The predicted molar refractivity (Wildman–Crippen MR) is 84.2 cm³/mol. The van der Waals surface area contributed by atoms with E-state index in [1.165, 1.54) is 0 Å². The molecule has 0 spiro atoms. The third kappa shape index (κ3) is 5.05. The Balaban J connectivity index is 1.83. The average Bonchev–Trinajstić information content (AvgIpc) is 2.47. The Morgan fingerprint density at radius 3 is 2.57 bits per heavy atom. The molecule has 0 aromatic heterocycles. The van der Waals surface area contributed by atoms with Gasteiger partial charge in [-0.25, -0.2) is 0 Å². The van der Waals surface area contributed by atoms with E-state index in [4.69, 9.17) is 11.6 Å². The lowest BCUT2D eigenvalue weighted by Gasteiger charge is -2.17. The zero-order chi connectivity index (χ0) is 15.2. The highest BCUT2D eigenvalue weighted by molar-refractivity contribution is 6.30. The smallest absolute Gasteiger partial charge is 0.178 e. The summed E-state index contributed by atoms with van der Waals surface area (Å²) < 4.78 is 0. The fraction of sp³-hybridized carbons (Fsp3) is 0.294. The van der Waals surface area contributed by atoms with Gasteiger partial charge < -0.3 is 10.4 Å². The molecule has 1 radical (unpaired) electrons. The molecule has 0 aliphatic rings. The first-order chi connectivity index (χ1) is 10.0. The third-order valence-corrected chi connectivity index (χ3v) is 3.59. The Hall–Kier alpha value is -1.55. The Labute approximate surface area is 130 Å². The number of hydrogen-bond donors (Lipinski definition) is 2. The van der Waals surface area contributed by atoms with Gasteiger partial charge >= 0.3 is 0 Å². The average molecular weight is 305 g/mol. The summed E-state index contributed by atoms with van der Waals surface area (Å²) >= 11 is 5.91. The molecule has 2 aromatic carbocycles. The van der Waals surface area contributed by atoms with Gasteiger partial charge in [-0.15, -0.1) is 0 Å². The molecule has 0 aliphatic heterocycles. The lowest BCUT2D eigenvalue weighted by molar-refractivity contribution is 0.170. The molecule has 0 heterocycles. The van der Waals surface area contributed by atoms with Crippen molar-refractivity contribution in [3.8, 4) is 5.75 Å². The number of aliphatic hydroxyl groups excluding tert-OH is 1. The molecule has 0 fully saturated rings. The minimum atomic E-state index is -0.588. The monoisotopic (exact) mass is 304 g/mol. The van der Waals surface area contributed by atoms with Crippen LogP contribution in [0.1, 0.15) is 24.2 Å². The molecule has 2 rings (SSSR count). The van der Waals surface area contributed by atoms with E-state index >= 15 is 0 Å². The molecule has 21 heavy (non-hydrogen) atoms. The van der Waals surface area contributed by atoms with Gasteiger partial charge in [0.2, 0.25) is 0 Å². The zero-order valence-corrected chi connectivity index (χ0v) is 12.7. The zero-order valence-electron chi connectivity index (χ0n) is 11.9. The van der Waals surface area contributed by atoms with Crippen LogP contribution < -0.4 is 5.32 Å². The van der Waals surface area contributed by atoms with Gasteiger partial charge in [0, 0.05) is 17.6 Å². The molecular formula is C17H19ClNO2. The Kier molecular flexibility index (Phi) is 5.62. The molecule has 0 unspecified atom stereocenters. The van der Waals surface area contributed by atoms with E-state index in [9.17, 15) is 10.2 Å². The summed E-state index contributed by atoms with van der Waals surface area (Å²) in [6.07, 6.45) is 0.220. The van der Waals surface area contributed by atoms with Gasteiger partial charge in [0.25, 0.3) is 0 Å². The van der Waals surface area contributed by atoms with Crippen molar-refractivity contribution in [2.24, 2.45) is 0 Å². The van der Waals surface area contributed by atoms with E-state index in [0.29, 0.717) is 11.6 Å². The molecule has 2 N–H and O–H groups in total. The highest BCUT2D eigenvalue weighted by atomic mass is 35.5. The van der Waals surface area contributed by atoms with Crippen LogP contribution in [0.25, 0.3) is 0 Å². The summed E-state index contributed by atoms with van der Waals surface area (Å²) in [4.78, 5) is 0. The molecule has 4 heteroatoms. The van der Waals surface area contributed by atoms with Crippen molar-refractivity contribution in [2.75, 3.05) is 6.54 Å². The van der Waals surface area contributed by atoms with E-state index < -0.39 is 6.10 Å². The minimum Gasteiger partial charge on any atom is -0.387 e. The van der Waals surface area contributed by atoms with Crippen LogP contribution in [0.4, 0.5) is 0 Å². The topological polar surface area (TPSA) is 52.2 Å². The van der Waals surface area contributed by atoms with Crippen LogP contribution in [0, 0.1) is 0 Å². The summed E-state index contributed by atoms with van der Waals surface area (Å²) in [5, 5.41) is 25.1. The summed E-state index contributed by atoms with van der Waals surface area (Å²) in [7, 11) is 0. The van der Waals surface area contributed by atoms with E-state index in [1.807, 2.05) is 24.3 Å². The van der Waals surface area contributed by atoms with E-state index in [1.54, 1.807) is 24.3 Å². The van der Waals surface area contributed by atoms with Gasteiger partial charge in [-0.3, -0.25) is 5.11 Å². The molecule has 2 atom stereocenters. The molecule has 111 valence electrons. The standard InChI is InChI=1S/C17H19ClNO2/c1-12(9-13-5-7-16(20)8-6-13)19-11-17(21)14-3-2-4-15(18)10-14/h2-8,10,12,17,19,21H,9,11H2,1H3/t12-,17+/m1/s1. The normalized spacial score (nSPS) is 13.9. The van der Waals surface area contributed by atoms with Gasteiger partial charge in [-0.1, -0.05) is 35.9 Å². The second-order valence-corrected chi connectivity index (χ2v) is 5.66. The lowest BCUT2D eigenvalue weighted by atomic mass is 10.1. The van der Waals surface area contributed by atoms with Gasteiger partial charge in [-0.05, 0) is 48.7 Å². The quantitative estimate of drug-likeness (QED) is 0.854. The highest BCUT2D eigenvalue weighted by Gasteiger charge is 2.10. The summed E-state index contributed by atoms with van der Waals surface area (Å²) in [5.74, 6) is 0.0238. The molecule has 2 aromatic rings. The van der Waals surface area contributed by atoms with E-state index in [-0.39, 0.29) is 11.8 Å². The number of halogens is 1. The second-order valence-electron chi connectivity index (χ2n) is 5.23. The van der Waals surface area contributed by atoms with Gasteiger partial charge in [0.05, 0.1) is 6.10 Å².